The Balaban J connectivity index is 1.44. The number of hydrogen-bond donors (Lipinski definition) is 2. The lowest BCUT2D eigenvalue weighted by Gasteiger charge is -2.33. The van der Waals surface area contributed by atoms with Crippen molar-refractivity contribution in [3.63, 3.8) is 0 Å². The predicted molar refractivity (Wildman–Crippen MR) is 162 cm³/mol. The Hall–Kier alpha value is -3.31. The molecule has 3 aromatic heterocycles. The molecular formula is C30H41N7O3S. The van der Waals surface area contributed by atoms with Crippen molar-refractivity contribution in [3.05, 3.63) is 48.2 Å². The standard InChI is InChI=1S/C30H41N7O3S/c1-19(2)23(20(3)4)18-40-26-12-14-37(34-26)25-11-10-22-28(33-25)36-17-21(16-30(36,5)6)39-15-13-31-24-8-7-9-27(32-24)41-35-29(22)38/h7-12,14,19-21,23H,13,15-18H2,1-6H3,(H,31,32)(H,35,38). The average molecular weight is 580 g/mol. The van der Waals surface area contributed by atoms with Crippen molar-refractivity contribution in [3.8, 4) is 11.7 Å². The molecule has 1 unspecified atom stereocenters. The fourth-order valence-corrected chi connectivity index (χ4v) is 6.19. The zero-order chi connectivity index (χ0) is 29.1. The number of nitrogens with zero attached hydrogens (tertiary/aromatic N) is 5. The Labute approximate surface area is 246 Å². The second-order valence-corrected chi connectivity index (χ2v) is 12.9. The number of aromatic nitrogens is 4. The van der Waals surface area contributed by atoms with Crippen LogP contribution in [-0.2, 0) is 4.74 Å². The quantitative estimate of drug-likeness (QED) is 0.381. The third-order valence-electron chi connectivity index (χ3n) is 7.87. The van der Waals surface area contributed by atoms with E-state index in [4.69, 9.17) is 14.5 Å². The van der Waals surface area contributed by atoms with Gasteiger partial charge in [0.2, 0.25) is 5.88 Å². The van der Waals surface area contributed by atoms with E-state index in [1.165, 1.54) is 11.9 Å². The highest BCUT2D eigenvalue weighted by atomic mass is 32.2. The molecule has 220 valence electrons. The molecule has 3 aromatic rings. The number of carbonyl (C=O) groups excluding carboxylic acids is 1. The van der Waals surface area contributed by atoms with Crippen LogP contribution in [0.25, 0.3) is 5.82 Å². The first-order valence-electron chi connectivity index (χ1n) is 14.4. The summed E-state index contributed by atoms with van der Waals surface area (Å²) in [7, 11) is 0. The number of amides is 1. The van der Waals surface area contributed by atoms with Crippen molar-refractivity contribution in [2.45, 2.75) is 64.6 Å². The lowest BCUT2D eigenvalue weighted by molar-refractivity contribution is 0.0710. The summed E-state index contributed by atoms with van der Waals surface area (Å²) in [5, 5.41) is 8.65. The van der Waals surface area contributed by atoms with E-state index in [1.807, 2.05) is 42.6 Å². The van der Waals surface area contributed by atoms with Gasteiger partial charge in [0.1, 0.15) is 16.7 Å². The minimum absolute atomic E-state index is 0.00605. The van der Waals surface area contributed by atoms with Crippen LogP contribution in [0, 0.1) is 17.8 Å². The largest absolute Gasteiger partial charge is 0.476 e. The van der Waals surface area contributed by atoms with Gasteiger partial charge >= 0.3 is 0 Å². The Bertz CT molecular complexity index is 1350. The van der Waals surface area contributed by atoms with Crippen molar-refractivity contribution in [2.24, 2.45) is 17.8 Å². The Morgan fingerprint density at radius 1 is 1.12 bits per heavy atom. The molecule has 0 spiro atoms. The number of hydrogen-bond acceptors (Lipinski definition) is 9. The highest BCUT2D eigenvalue weighted by molar-refractivity contribution is 7.97. The van der Waals surface area contributed by atoms with Gasteiger partial charge in [0.25, 0.3) is 5.91 Å². The van der Waals surface area contributed by atoms with E-state index >= 15 is 0 Å². The zero-order valence-corrected chi connectivity index (χ0v) is 25.6. The molecule has 0 aliphatic carbocycles. The first-order valence-corrected chi connectivity index (χ1v) is 15.2. The molecule has 1 fully saturated rings. The number of carbonyl (C=O) groups is 1. The van der Waals surface area contributed by atoms with Crippen LogP contribution in [0.2, 0.25) is 0 Å². The average Bonchev–Trinajstić information content (AvgIpc) is 3.52. The Morgan fingerprint density at radius 2 is 1.93 bits per heavy atom. The fraction of sp³-hybridized carbons (Fsp3) is 0.533. The van der Waals surface area contributed by atoms with Gasteiger partial charge in [0.05, 0.1) is 24.9 Å². The van der Waals surface area contributed by atoms with Crippen LogP contribution in [0.4, 0.5) is 11.6 Å². The van der Waals surface area contributed by atoms with E-state index in [-0.39, 0.29) is 17.6 Å². The van der Waals surface area contributed by atoms with E-state index in [1.54, 1.807) is 4.68 Å². The van der Waals surface area contributed by atoms with Gasteiger partial charge in [-0.25, -0.2) is 14.6 Å². The molecule has 0 saturated carbocycles. The minimum atomic E-state index is -0.268. The molecule has 1 atom stereocenters. The number of anilines is 2. The second-order valence-electron chi connectivity index (χ2n) is 12.0. The summed E-state index contributed by atoms with van der Waals surface area (Å²) in [4.78, 5) is 25.3. The van der Waals surface area contributed by atoms with Crippen molar-refractivity contribution >= 4 is 29.5 Å². The maximum absolute atomic E-state index is 13.5. The lowest BCUT2D eigenvalue weighted by Crippen LogP contribution is -2.40. The summed E-state index contributed by atoms with van der Waals surface area (Å²) in [5.74, 6) is 3.75. The summed E-state index contributed by atoms with van der Waals surface area (Å²) < 4.78 is 17.0. The molecule has 1 saturated heterocycles. The molecule has 5 heterocycles. The van der Waals surface area contributed by atoms with Crippen molar-refractivity contribution in [1.29, 1.82) is 0 Å². The lowest BCUT2D eigenvalue weighted by atomic mass is 9.86. The highest BCUT2D eigenvalue weighted by Crippen LogP contribution is 2.37. The maximum atomic E-state index is 13.5. The SMILES string of the molecule is CC(C)C(COc1ccn(-c2ccc3c(n2)N2CC(CC2(C)C)OCCNc2cccc(n2)SNC3=O)n1)C(C)C. The Morgan fingerprint density at radius 3 is 2.71 bits per heavy atom. The molecule has 11 heteroatoms. The molecule has 5 rings (SSSR count). The normalized spacial score (nSPS) is 19.0. The van der Waals surface area contributed by atoms with Gasteiger partial charge in [-0.15, -0.1) is 5.10 Å². The van der Waals surface area contributed by atoms with Gasteiger partial charge in [0, 0.05) is 42.8 Å². The smallest absolute Gasteiger partial charge is 0.265 e. The fourth-order valence-electron chi connectivity index (χ4n) is 5.59. The molecule has 0 aromatic carbocycles. The van der Waals surface area contributed by atoms with Crippen LogP contribution in [-0.4, -0.2) is 63.6 Å². The summed E-state index contributed by atoms with van der Waals surface area (Å²) in [6.45, 7) is 15.7. The molecule has 1 amide bonds. The molecule has 2 N–H and O–H groups in total. The number of fused-ring (bicyclic) bond motifs is 6. The highest BCUT2D eigenvalue weighted by Gasteiger charge is 2.41. The van der Waals surface area contributed by atoms with Crippen LogP contribution in [0.5, 0.6) is 5.88 Å². The maximum Gasteiger partial charge on any atom is 0.265 e. The molecule has 2 aliphatic rings. The predicted octanol–water partition coefficient (Wildman–Crippen LogP) is 5.21. The van der Waals surface area contributed by atoms with Gasteiger partial charge in [-0.3, -0.25) is 9.52 Å². The van der Waals surface area contributed by atoms with Crippen LogP contribution in [0.15, 0.2) is 47.6 Å². The minimum Gasteiger partial charge on any atom is -0.476 e. The van der Waals surface area contributed by atoms with Crippen molar-refractivity contribution in [2.75, 3.05) is 36.5 Å². The molecule has 4 bridgehead atoms. The number of nitrogens with one attached hydrogen (secondary N) is 2. The molecule has 41 heavy (non-hydrogen) atoms. The van der Waals surface area contributed by atoms with Crippen molar-refractivity contribution < 1.29 is 14.3 Å². The number of ether oxygens (including phenoxy) is 2. The van der Waals surface area contributed by atoms with E-state index in [9.17, 15) is 4.79 Å². The second kappa shape index (κ2) is 12.3. The van der Waals surface area contributed by atoms with E-state index in [0.717, 1.165) is 12.2 Å². The molecule has 0 radical (unpaired) electrons. The van der Waals surface area contributed by atoms with Gasteiger partial charge in [0.15, 0.2) is 5.82 Å². The first-order chi connectivity index (χ1) is 19.6. The number of rotatable bonds is 6. The molecule has 10 nitrogen and oxygen atoms in total. The van der Waals surface area contributed by atoms with Crippen LogP contribution < -0.4 is 19.7 Å². The summed E-state index contributed by atoms with van der Waals surface area (Å²) >= 11 is 1.19. The van der Waals surface area contributed by atoms with Gasteiger partial charge in [-0.1, -0.05) is 33.8 Å². The monoisotopic (exact) mass is 579 g/mol. The van der Waals surface area contributed by atoms with E-state index in [0.29, 0.717) is 72.2 Å². The van der Waals surface area contributed by atoms with Gasteiger partial charge in [-0.2, -0.15) is 0 Å². The third-order valence-corrected chi connectivity index (χ3v) is 8.60. The van der Waals surface area contributed by atoms with Crippen LogP contribution in [0.3, 0.4) is 0 Å². The molecule has 2 aliphatic heterocycles. The summed E-state index contributed by atoms with van der Waals surface area (Å²) in [5.41, 5.74) is 0.218. The van der Waals surface area contributed by atoms with Gasteiger partial charge in [-0.05, 0) is 62.3 Å². The van der Waals surface area contributed by atoms with Crippen LogP contribution >= 0.6 is 11.9 Å². The number of pyridine rings is 2. The Kier molecular flexibility index (Phi) is 8.74. The van der Waals surface area contributed by atoms with Crippen LogP contribution in [0.1, 0.15) is 58.3 Å². The molecular weight excluding hydrogens is 538 g/mol. The first kappa shape index (κ1) is 29.2. The summed E-state index contributed by atoms with van der Waals surface area (Å²) in [6, 6.07) is 11.2. The summed E-state index contributed by atoms with van der Waals surface area (Å²) in [6.07, 6.45) is 2.67. The van der Waals surface area contributed by atoms with Gasteiger partial charge < -0.3 is 19.7 Å². The zero-order valence-electron chi connectivity index (χ0n) is 24.8. The third kappa shape index (κ3) is 6.78. The van der Waals surface area contributed by atoms with E-state index < -0.39 is 0 Å². The van der Waals surface area contributed by atoms with E-state index in [2.05, 4.69) is 66.6 Å². The van der Waals surface area contributed by atoms with Crippen molar-refractivity contribution in [1.82, 2.24) is 24.5 Å². The topological polar surface area (TPSA) is 106 Å².